The number of benzene rings is 2. The Bertz CT molecular complexity index is 1520. The van der Waals surface area contributed by atoms with Crippen molar-refractivity contribution in [3.63, 3.8) is 0 Å². The van der Waals surface area contributed by atoms with Crippen molar-refractivity contribution < 1.29 is 14.3 Å². The number of anilines is 1. The first kappa shape index (κ1) is 24.5. The van der Waals surface area contributed by atoms with E-state index < -0.39 is 5.97 Å². The van der Waals surface area contributed by atoms with Gasteiger partial charge in [-0.25, -0.2) is 9.59 Å². The van der Waals surface area contributed by atoms with E-state index in [1.54, 1.807) is 25.1 Å². The SMILES string of the molecule is CCOC(=O)c1ccccc1NC(=O)N1Cc2c(sc3c2CCCC3)-n2cccc2C1c1cccc(C)c1. The van der Waals surface area contributed by atoms with Gasteiger partial charge in [0.2, 0.25) is 0 Å². The van der Waals surface area contributed by atoms with Crippen LogP contribution in [0.25, 0.3) is 5.00 Å². The van der Waals surface area contributed by atoms with Crippen LogP contribution in [0.4, 0.5) is 10.5 Å². The molecule has 6 rings (SSSR count). The van der Waals surface area contributed by atoms with E-state index in [1.165, 1.54) is 33.8 Å². The van der Waals surface area contributed by atoms with Crippen LogP contribution < -0.4 is 5.32 Å². The van der Waals surface area contributed by atoms with E-state index in [0.717, 1.165) is 29.7 Å². The molecule has 38 heavy (non-hydrogen) atoms. The van der Waals surface area contributed by atoms with Crippen LogP contribution in [-0.4, -0.2) is 28.1 Å². The lowest BCUT2D eigenvalue weighted by Gasteiger charge is -2.32. The van der Waals surface area contributed by atoms with Crippen LogP contribution in [0, 0.1) is 6.92 Å². The van der Waals surface area contributed by atoms with E-state index in [0.29, 0.717) is 17.8 Å². The largest absolute Gasteiger partial charge is 0.462 e. The number of amides is 2. The van der Waals surface area contributed by atoms with Crippen LogP contribution in [0.15, 0.2) is 66.9 Å². The van der Waals surface area contributed by atoms with Crippen molar-refractivity contribution in [2.24, 2.45) is 0 Å². The molecule has 2 aromatic heterocycles. The van der Waals surface area contributed by atoms with Crippen LogP contribution in [0.5, 0.6) is 0 Å². The minimum Gasteiger partial charge on any atom is -0.462 e. The normalized spacial score (nSPS) is 16.2. The van der Waals surface area contributed by atoms with Crippen LogP contribution in [-0.2, 0) is 24.1 Å². The smallest absolute Gasteiger partial charge is 0.340 e. The minimum atomic E-state index is -0.447. The molecule has 7 heteroatoms. The molecule has 4 aromatic rings. The average Bonchev–Trinajstić information content (AvgIpc) is 3.51. The van der Waals surface area contributed by atoms with Gasteiger partial charge in [0, 0.05) is 16.6 Å². The van der Waals surface area contributed by atoms with Gasteiger partial charge in [0.05, 0.1) is 36.1 Å². The summed E-state index contributed by atoms with van der Waals surface area (Å²) in [6.07, 6.45) is 6.66. The molecule has 0 spiro atoms. The lowest BCUT2D eigenvalue weighted by molar-refractivity contribution is 0.0527. The van der Waals surface area contributed by atoms with Gasteiger partial charge in [-0.2, -0.15) is 0 Å². The summed E-state index contributed by atoms with van der Waals surface area (Å²) in [5.41, 5.74) is 6.71. The lowest BCUT2D eigenvalue weighted by atomic mass is 9.95. The molecule has 194 valence electrons. The van der Waals surface area contributed by atoms with Crippen molar-refractivity contribution in [2.45, 2.75) is 52.1 Å². The third-order valence-corrected chi connectivity index (χ3v) is 8.80. The fraction of sp³-hybridized carbons (Fsp3) is 0.290. The number of carbonyl (C=O) groups is 2. The van der Waals surface area contributed by atoms with Crippen molar-refractivity contribution in [3.05, 3.63) is 105 Å². The number of fused-ring (bicyclic) bond motifs is 5. The van der Waals surface area contributed by atoms with Crippen molar-refractivity contribution >= 4 is 29.0 Å². The fourth-order valence-corrected chi connectivity index (χ4v) is 7.15. The van der Waals surface area contributed by atoms with Crippen LogP contribution in [0.1, 0.15) is 69.0 Å². The molecule has 0 radical (unpaired) electrons. The number of para-hydroxylation sites is 1. The third kappa shape index (κ3) is 4.31. The molecule has 0 fully saturated rings. The van der Waals surface area contributed by atoms with E-state index in [9.17, 15) is 9.59 Å². The summed E-state index contributed by atoms with van der Waals surface area (Å²) in [5.74, 6) is -0.447. The zero-order valence-corrected chi connectivity index (χ0v) is 22.5. The van der Waals surface area contributed by atoms with Gasteiger partial charge in [0.25, 0.3) is 0 Å². The maximum atomic E-state index is 14.2. The number of carbonyl (C=O) groups excluding carboxylic acids is 2. The van der Waals surface area contributed by atoms with Gasteiger partial charge in [-0.3, -0.25) is 0 Å². The zero-order valence-electron chi connectivity index (χ0n) is 21.7. The molecule has 3 heterocycles. The highest BCUT2D eigenvalue weighted by atomic mass is 32.1. The molecule has 1 aliphatic heterocycles. The summed E-state index contributed by atoms with van der Waals surface area (Å²) in [6, 6.07) is 19.1. The van der Waals surface area contributed by atoms with Crippen molar-refractivity contribution in [1.29, 1.82) is 0 Å². The highest BCUT2D eigenvalue weighted by Gasteiger charge is 2.36. The predicted molar refractivity (Wildman–Crippen MR) is 150 cm³/mol. The fourth-order valence-electron chi connectivity index (χ4n) is 5.74. The average molecular weight is 526 g/mol. The monoisotopic (exact) mass is 525 g/mol. The van der Waals surface area contributed by atoms with Gasteiger partial charge in [0.1, 0.15) is 5.00 Å². The second kappa shape index (κ2) is 10.1. The minimum absolute atomic E-state index is 0.246. The van der Waals surface area contributed by atoms with Gasteiger partial charge >= 0.3 is 12.0 Å². The van der Waals surface area contributed by atoms with Gasteiger partial charge in [0.15, 0.2) is 0 Å². The molecule has 1 unspecified atom stereocenters. The number of thiophene rings is 1. The standard InChI is InChI=1S/C31H31N3O3S/c1-3-37-30(35)23-13-4-6-14-25(23)32-31(36)34-19-24-22-12-5-7-16-27(22)38-29(24)33-17-9-15-26(33)28(34)21-11-8-10-20(2)18-21/h4,6,8-11,13-15,17-18,28H,3,5,7,12,16,19H2,1-2H3,(H,32,36). The maximum Gasteiger partial charge on any atom is 0.340 e. The number of hydrogen-bond acceptors (Lipinski definition) is 4. The van der Waals surface area contributed by atoms with E-state index >= 15 is 0 Å². The molecule has 1 aliphatic carbocycles. The predicted octanol–water partition coefficient (Wildman–Crippen LogP) is 7.04. The summed E-state index contributed by atoms with van der Waals surface area (Å²) in [5, 5.41) is 4.29. The van der Waals surface area contributed by atoms with Crippen LogP contribution in [0.2, 0.25) is 0 Å². The Morgan fingerprint density at radius 2 is 1.87 bits per heavy atom. The van der Waals surface area contributed by atoms with Crippen molar-refractivity contribution in [1.82, 2.24) is 9.47 Å². The number of aromatic nitrogens is 1. The number of hydrogen-bond donors (Lipinski definition) is 1. The Hall–Kier alpha value is -3.84. The Balaban J connectivity index is 1.47. The van der Waals surface area contributed by atoms with Crippen molar-refractivity contribution in [3.8, 4) is 5.00 Å². The number of aryl methyl sites for hydroxylation is 2. The molecule has 1 atom stereocenters. The first-order valence-electron chi connectivity index (χ1n) is 13.3. The summed E-state index contributed by atoms with van der Waals surface area (Å²) in [4.78, 5) is 30.2. The molecular weight excluding hydrogens is 494 g/mol. The highest BCUT2D eigenvalue weighted by Crippen LogP contribution is 2.44. The number of ether oxygens (including phenoxy) is 1. The highest BCUT2D eigenvalue weighted by molar-refractivity contribution is 7.15. The Morgan fingerprint density at radius 1 is 1.03 bits per heavy atom. The summed E-state index contributed by atoms with van der Waals surface area (Å²) < 4.78 is 7.53. The molecule has 0 bridgehead atoms. The number of nitrogens with zero attached hydrogens (tertiary/aromatic N) is 2. The first-order chi connectivity index (χ1) is 18.5. The zero-order chi connectivity index (χ0) is 26.2. The molecule has 2 aliphatic rings. The number of rotatable bonds is 4. The first-order valence-corrected chi connectivity index (χ1v) is 14.1. The van der Waals surface area contributed by atoms with E-state index in [2.05, 4.69) is 53.3 Å². The second-order valence-corrected chi connectivity index (χ2v) is 11.0. The van der Waals surface area contributed by atoms with Crippen molar-refractivity contribution in [2.75, 3.05) is 11.9 Å². The van der Waals surface area contributed by atoms with E-state index in [-0.39, 0.29) is 18.7 Å². The molecule has 2 amide bonds. The van der Waals surface area contributed by atoms with Gasteiger partial charge < -0.3 is 19.5 Å². The lowest BCUT2D eigenvalue weighted by Crippen LogP contribution is -2.38. The van der Waals surface area contributed by atoms with Gasteiger partial charge in [-0.1, -0.05) is 42.0 Å². The molecule has 2 aromatic carbocycles. The Kier molecular flexibility index (Phi) is 6.54. The summed E-state index contributed by atoms with van der Waals surface area (Å²) >= 11 is 1.87. The van der Waals surface area contributed by atoms with E-state index in [1.807, 2.05) is 28.4 Å². The number of nitrogens with one attached hydrogen (secondary N) is 1. The third-order valence-electron chi connectivity index (χ3n) is 7.46. The summed E-state index contributed by atoms with van der Waals surface area (Å²) in [7, 11) is 0. The van der Waals surface area contributed by atoms with Crippen LogP contribution >= 0.6 is 11.3 Å². The van der Waals surface area contributed by atoms with E-state index in [4.69, 9.17) is 4.74 Å². The Morgan fingerprint density at radius 3 is 2.71 bits per heavy atom. The molecule has 6 nitrogen and oxygen atoms in total. The van der Waals surface area contributed by atoms with Gasteiger partial charge in [-0.05, 0) is 74.9 Å². The topological polar surface area (TPSA) is 63.6 Å². The van der Waals surface area contributed by atoms with Crippen LogP contribution in [0.3, 0.4) is 0 Å². The number of esters is 1. The molecule has 1 N–H and O–H groups in total. The summed E-state index contributed by atoms with van der Waals surface area (Å²) in [6.45, 7) is 4.62. The quantitative estimate of drug-likeness (QED) is 0.291. The molecule has 0 saturated heterocycles. The maximum absolute atomic E-state index is 14.2. The molecule has 0 saturated carbocycles. The Labute approximate surface area is 226 Å². The van der Waals surface area contributed by atoms with Gasteiger partial charge in [-0.15, -0.1) is 11.3 Å². The molecular formula is C31H31N3O3S. The second-order valence-electron chi connectivity index (χ2n) is 9.94. The number of urea groups is 1.